The van der Waals surface area contributed by atoms with E-state index in [0.717, 1.165) is 18.1 Å². The number of hydrogen-bond donors (Lipinski definition) is 1. The predicted molar refractivity (Wildman–Crippen MR) is 107 cm³/mol. The lowest BCUT2D eigenvalue weighted by Gasteiger charge is -2.25. The molecule has 1 aliphatic heterocycles. The molecule has 34 heavy (non-hydrogen) atoms. The number of ether oxygens (including phenoxy) is 1. The van der Waals surface area contributed by atoms with Crippen LogP contribution in [0.4, 0.5) is 0 Å². The number of hydrogen-bond acceptors (Lipinski definition) is 11. The fourth-order valence-corrected chi connectivity index (χ4v) is 7.01. The van der Waals surface area contributed by atoms with Crippen molar-refractivity contribution < 1.29 is 62.5 Å². The van der Waals surface area contributed by atoms with E-state index in [0.29, 0.717) is 0 Å². The van der Waals surface area contributed by atoms with Crippen molar-refractivity contribution in [2.24, 2.45) is 4.99 Å². The van der Waals surface area contributed by atoms with Crippen LogP contribution in [0.15, 0.2) is 73.1 Å². The number of methoxy groups -OCH3 is 1. The first-order chi connectivity index (χ1) is 15.5. The Labute approximate surface area is 209 Å². The maximum Gasteiger partial charge on any atom is 0.183 e. The van der Waals surface area contributed by atoms with Crippen LogP contribution >= 0.6 is 11.8 Å². The van der Waals surface area contributed by atoms with Gasteiger partial charge in [-0.25, -0.2) is 23.6 Å². The summed E-state index contributed by atoms with van der Waals surface area (Å²) in [6.07, 6.45) is 0.830. The number of nitrogens with zero attached hydrogens (tertiary/aromatic N) is 1. The molecule has 0 saturated heterocycles. The lowest BCUT2D eigenvalue weighted by molar-refractivity contribution is -2.00. The van der Waals surface area contributed by atoms with Gasteiger partial charge >= 0.3 is 0 Å². The summed E-state index contributed by atoms with van der Waals surface area (Å²) in [5, 5.41) is 0. The van der Waals surface area contributed by atoms with Crippen molar-refractivity contribution in [3.8, 4) is 0 Å². The molecular weight excluding hydrogens is 533 g/mol. The smallest absolute Gasteiger partial charge is 0.183 e. The van der Waals surface area contributed by atoms with Gasteiger partial charge in [0.05, 0.1) is 42.7 Å². The van der Waals surface area contributed by atoms with Gasteiger partial charge in [0.15, 0.2) is 15.7 Å². The van der Waals surface area contributed by atoms with Gasteiger partial charge in [-0.15, -0.1) is 10.2 Å². The summed E-state index contributed by atoms with van der Waals surface area (Å²) in [7, 11) is -7.90. The highest BCUT2D eigenvalue weighted by Crippen LogP contribution is 2.46. The van der Waals surface area contributed by atoms with Crippen molar-refractivity contribution in [3.63, 3.8) is 0 Å². The first-order valence-corrected chi connectivity index (χ1v) is 14.2. The van der Waals surface area contributed by atoms with Crippen LogP contribution in [0.3, 0.4) is 0 Å². The number of aliphatic imine (C=N–C) groups is 1. The molecule has 0 aromatic heterocycles. The molecular formula is C20H25Cl2NO9S2. The fourth-order valence-electron chi connectivity index (χ4n) is 2.86. The van der Waals surface area contributed by atoms with Crippen molar-refractivity contribution in [1.82, 2.24) is 0 Å². The number of fused-ring (bicyclic) bond motifs is 2. The van der Waals surface area contributed by atoms with Gasteiger partial charge in [-0.2, -0.15) is 14.0 Å². The van der Waals surface area contributed by atoms with Gasteiger partial charge < -0.3 is 4.74 Å². The van der Waals surface area contributed by atoms with Gasteiger partial charge in [-0.3, -0.25) is 0 Å². The van der Waals surface area contributed by atoms with E-state index >= 15 is 0 Å². The van der Waals surface area contributed by atoms with Gasteiger partial charge in [0.1, 0.15) is 11.3 Å². The van der Waals surface area contributed by atoms with E-state index < -0.39 is 20.5 Å². The zero-order chi connectivity index (χ0) is 26.2. The molecule has 0 aliphatic carbocycles. The number of halogens is 2. The number of benzene rings is 2. The van der Waals surface area contributed by atoms with Crippen LogP contribution in [0, 0.1) is 20.5 Å². The molecule has 0 spiro atoms. The first-order valence-electron chi connectivity index (χ1n) is 9.48. The lowest BCUT2D eigenvalue weighted by Crippen LogP contribution is -2.68. The van der Waals surface area contributed by atoms with Crippen molar-refractivity contribution in [3.05, 3.63) is 48.5 Å². The highest BCUT2D eigenvalue weighted by atomic mass is 35.7. The Morgan fingerprint density at radius 2 is 1.32 bits per heavy atom. The van der Waals surface area contributed by atoms with E-state index in [9.17, 15) is 0 Å². The standard InChI is InChI=1S/C20H24NOS2.2ClHO4/c1-5-19(22-4)21-20(2,3)14-24-17-12-8-6-10-15(17)23-16-11-7-9-13-18(16)24;2*2-1(3,4)5/h6-13H,5,14H2,1-4H3;2*(H,2,3,4,5)/q+1;;/p-1. The maximum atomic E-state index is 8.60. The van der Waals surface area contributed by atoms with E-state index in [4.69, 9.17) is 47.0 Å². The van der Waals surface area contributed by atoms with Crippen LogP contribution in [-0.2, 0) is 15.6 Å². The Morgan fingerprint density at radius 3 is 1.68 bits per heavy atom. The summed E-state index contributed by atoms with van der Waals surface area (Å²) >= 11 is 1.88. The monoisotopic (exact) mass is 557 g/mol. The van der Waals surface area contributed by atoms with Crippen LogP contribution in [0.25, 0.3) is 0 Å². The van der Waals surface area contributed by atoms with E-state index in [1.54, 1.807) is 7.11 Å². The van der Waals surface area contributed by atoms with Gasteiger partial charge in [0.2, 0.25) is 0 Å². The minimum atomic E-state index is -4.94. The third-order valence-electron chi connectivity index (χ3n) is 3.91. The van der Waals surface area contributed by atoms with E-state index in [2.05, 4.69) is 69.3 Å². The van der Waals surface area contributed by atoms with Gasteiger partial charge in [-0.1, -0.05) is 43.0 Å². The van der Waals surface area contributed by atoms with Crippen molar-refractivity contribution >= 4 is 28.6 Å². The summed E-state index contributed by atoms with van der Waals surface area (Å²) in [6.45, 7) is 6.51. The first kappa shape index (κ1) is 30.9. The highest BCUT2D eigenvalue weighted by Gasteiger charge is 2.40. The molecule has 0 radical (unpaired) electrons. The van der Waals surface area contributed by atoms with E-state index in [1.165, 1.54) is 19.6 Å². The molecule has 14 heteroatoms. The molecule has 190 valence electrons. The van der Waals surface area contributed by atoms with Crippen molar-refractivity contribution in [1.29, 1.82) is 0 Å². The Morgan fingerprint density at radius 1 is 0.941 bits per heavy atom. The van der Waals surface area contributed by atoms with Crippen LogP contribution in [0.5, 0.6) is 0 Å². The predicted octanol–water partition coefficient (Wildman–Crippen LogP) is -3.46. The van der Waals surface area contributed by atoms with Crippen molar-refractivity contribution in [2.45, 2.75) is 52.3 Å². The molecule has 2 aromatic carbocycles. The summed E-state index contributed by atoms with van der Waals surface area (Å²) in [5.74, 6) is 1.82. The average molecular weight is 558 g/mol. The summed E-state index contributed by atoms with van der Waals surface area (Å²) in [4.78, 5) is 10.5. The lowest BCUT2D eigenvalue weighted by atomic mass is 10.1. The minimum absolute atomic E-state index is 0.0322. The van der Waals surface area contributed by atoms with Crippen LogP contribution in [0.1, 0.15) is 27.2 Å². The van der Waals surface area contributed by atoms with Crippen LogP contribution < -0.4 is 32.6 Å². The Hall–Kier alpha value is -1.13. The molecule has 0 fully saturated rings. The molecule has 0 unspecified atom stereocenters. The van der Waals surface area contributed by atoms with E-state index in [-0.39, 0.29) is 16.4 Å². The molecule has 1 N–H and O–H groups in total. The third kappa shape index (κ3) is 12.5. The van der Waals surface area contributed by atoms with Gasteiger partial charge in [0.25, 0.3) is 0 Å². The van der Waals surface area contributed by atoms with Crippen LogP contribution in [-0.4, -0.2) is 29.0 Å². The highest BCUT2D eigenvalue weighted by molar-refractivity contribution is 8.04. The summed E-state index contributed by atoms with van der Waals surface area (Å²) in [5.41, 5.74) is -0.160. The second-order valence-electron chi connectivity index (χ2n) is 7.18. The minimum Gasteiger partial charge on any atom is -0.484 e. The zero-order valence-electron chi connectivity index (χ0n) is 18.8. The maximum absolute atomic E-state index is 8.60. The Bertz CT molecular complexity index is 875. The average Bonchev–Trinajstić information content (AvgIpc) is 2.69. The Kier molecular flexibility index (Phi) is 12.0. The fraction of sp³-hybridized carbons (Fsp3) is 0.350. The second kappa shape index (κ2) is 13.3. The third-order valence-corrected chi connectivity index (χ3v) is 8.09. The molecule has 3 rings (SSSR count). The molecule has 2 aromatic rings. The molecule has 10 nitrogen and oxygen atoms in total. The molecule has 1 aliphatic rings. The summed E-state index contributed by atoms with van der Waals surface area (Å²) in [6, 6.07) is 17.6. The second-order valence-corrected chi connectivity index (χ2v) is 11.8. The normalized spacial score (nSPS) is 14.1. The SMILES string of the molecule is CCC(=NC(C)(C)C[S+]1c2ccccc2Sc2ccccc21)OC.[O-][Cl+3]([O-])([O-])O.[O-][Cl+3]([O-])([O-])[O-]. The zero-order valence-corrected chi connectivity index (χ0v) is 21.9. The number of rotatable bonds is 4. The Balaban J connectivity index is 0.000000489. The summed E-state index contributed by atoms with van der Waals surface area (Å²) < 4.78 is 72.1. The molecule has 0 bridgehead atoms. The van der Waals surface area contributed by atoms with E-state index in [1.807, 2.05) is 11.8 Å². The molecule has 1 heterocycles. The molecule has 0 saturated carbocycles. The topological polar surface area (TPSA) is 203 Å². The van der Waals surface area contributed by atoms with Crippen LogP contribution in [0.2, 0.25) is 0 Å². The van der Waals surface area contributed by atoms with Gasteiger partial charge in [-0.05, 0) is 38.1 Å². The molecule has 0 atom stereocenters. The largest absolute Gasteiger partial charge is 0.484 e. The van der Waals surface area contributed by atoms with Crippen molar-refractivity contribution in [2.75, 3.05) is 12.9 Å². The quantitative estimate of drug-likeness (QED) is 0.223. The molecule has 0 amide bonds. The van der Waals surface area contributed by atoms with Gasteiger partial charge in [0, 0.05) is 6.42 Å².